The van der Waals surface area contributed by atoms with Gasteiger partial charge in [0.2, 0.25) is 11.1 Å². The maximum Gasteiger partial charge on any atom is 0.329 e. The number of aryl methyl sites for hydroxylation is 1. The van der Waals surface area contributed by atoms with E-state index in [0.29, 0.717) is 22.9 Å². The molecule has 184 valence electrons. The number of anilines is 1. The summed E-state index contributed by atoms with van der Waals surface area (Å²) >= 11 is 1.58. The summed E-state index contributed by atoms with van der Waals surface area (Å²) < 4.78 is 5.14. The van der Waals surface area contributed by atoms with Gasteiger partial charge in [0, 0.05) is 32.4 Å². The molecule has 0 saturated carbocycles. The van der Waals surface area contributed by atoms with Crippen LogP contribution in [0.25, 0.3) is 16.9 Å². The molecule has 5 rings (SSSR count). The summed E-state index contributed by atoms with van der Waals surface area (Å²) in [5.41, 5.74) is 0.919. The van der Waals surface area contributed by atoms with Gasteiger partial charge in [0.05, 0.1) is 5.69 Å². The van der Waals surface area contributed by atoms with Crippen LogP contribution in [0.5, 0.6) is 0 Å². The number of aromatic nitrogens is 8. The molecule has 11 nitrogen and oxygen atoms in total. The van der Waals surface area contributed by atoms with Gasteiger partial charge in [-0.05, 0) is 41.3 Å². The van der Waals surface area contributed by atoms with E-state index in [1.54, 1.807) is 23.5 Å². The quantitative estimate of drug-likeness (QED) is 0.388. The minimum atomic E-state index is -0.453. The van der Waals surface area contributed by atoms with Gasteiger partial charge in [-0.15, -0.1) is 5.10 Å². The van der Waals surface area contributed by atoms with Gasteiger partial charge < -0.3 is 9.47 Å². The lowest BCUT2D eigenvalue weighted by molar-refractivity contribution is 0.533. The van der Waals surface area contributed by atoms with Crippen LogP contribution >= 0.6 is 11.8 Å². The predicted octanol–water partition coefficient (Wildman–Crippen LogP) is 2.21. The van der Waals surface area contributed by atoms with Crippen LogP contribution in [0, 0.1) is 5.92 Å². The molecule has 3 aromatic heterocycles. The van der Waals surface area contributed by atoms with Crippen LogP contribution in [-0.4, -0.2) is 58.2 Å². The van der Waals surface area contributed by atoms with Crippen molar-refractivity contribution in [1.29, 1.82) is 0 Å². The molecule has 1 N–H and O–H groups in total. The topological polar surface area (TPSA) is 120 Å². The molecule has 0 aliphatic carbocycles. The molecule has 1 aliphatic heterocycles. The average Bonchev–Trinajstić information content (AvgIpc) is 3.38. The van der Waals surface area contributed by atoms with Crippen LogP contribution in [0.4, 0.5) is 5.95 Å². The third-order valence-electron chi connectivity index (χ3n) is 6.31. The summed E-state index contributed by atoms with van der Waals surface area (Å²) in [6.45, 7) is 4.51. The van der Waals surface area contributed by atoms with Crippen LogP contribution in [0.15, 0.2) is 45.1 Å². The highest BCUT2D eigenvalue weighted by Gasteiger charge is 2.24. The number of thioether (sulfide) groups is 1. The van der Waals surface area contributed by atoms with Crippen molar-refractivity contribution in [2.75, 3.05) is 23.7 Å². The first-order valence-corrected chi connectivity index (χ1v) is 12.9. The third-order valence-corrected chi connectivity index (χ3v) is 7.56. The Bertz CT molecular complexity index is 1410. The fourth-order valence-electron chi connectivity index (χ4n) is 4.49. The van der Waals surface area contributed by atoms with E-state index in [0.717, 1.165) is 43.3 Å². The van der Waals surface area contributed by atoms with Crippen molar-refractivity contribution in [3.05, 3.63) is 51.2 Å². The Morgan fingerprint density at radius 1 is 1.09 bits per heavy atom. The van der Waals surface area contributed by atoms with E-state index >= 15 is 0 Å². The molecular formula is C23H29N9O2S. The predicted molar refractivity (Wildman–Crippen MR) is 135 cm³/mol. The highest BCUT2D eigenvalue weighted by Crippen LogP contribution is 2.26. The number of benzene rings is 1. The third kappa shape index (κ3) is 4.75. The largest absolute Gasteiger partial charge is 0.342 e. The second kappa shape index (κ2) is 10.1. The fourth-order valence-corrected chi connectivity index (χ4v) is 5.39. The molecule has 35 heavy (non-hydrogen) atoms. The molecule has 1 atom stereocenters. The highest BCUT2D eigenvalue weighted by molar-refractivity contribution is 7.99. The van der Waals surface area contributed by atoms with Crippen molar-refractivity contribution in [2.45, 2.75) is 44.3 Å². The second-order valence-electron chi connectivity index (χ2n) is 9.04. The molecule has 1 aliphatic rings. The molecule has 0 spiro atoms. The first kappa shape index (κ1) is 23.3. The SMILES string of the molecule is C[C@@H](CSc1nnnn1-c1ccccc1)Cn1c(N2CCCCCC2)nc2c1c(=O)[nH]c(=O)n2C. The number of hydrogen-bond acceptors (Lipinski definition) is 8. The number of hydrogen-bond donors (Lipinski definition) is 1. The summed E-state index contributed by atoms with van der Waals surface area (Å²) in [7, 11) is 1.65. The summed E-state index contributed by atoms with van der Waals surface area (Å²) in [4.78, 5) is 34.6. The minimum Gasteiger partial charge on any atom is -0.342 e. The summed E-state index contributed by atoms with van der Waals surface area (Å²) in [6, 6.07) is 9.79. The Balaban J connectivity index is 1.43. The van der Waals surface area contributed by atoms with Crippen LogP contribution in [0.2, 0.25) is 0 Å². The first-order valence-electron chi connectivity index (χ1n) is 11.9. The monoisotopic (exact) mass is 495 g/mol. The lowest BCUT2D eigenvalue weighted by atomic mass is 10.2. The van der Waals surface area contributed by atoms with Gasteiger partial charge in [0.1, 0.15) is 0 Å². The van der Waals surface area contributed by atoms with Gasteiger partial charge in [0.15, 0.2) is 11.2 Å². The zero-order valence-electron chi connectivity index (χ0n) is 19.9. The van der Waals surface area contributed by atoms with E-state index in [1.165, 1.54) is 17.4 Å². The van der Waals surface area contributed by atoms with Crippen molar-refractivity contribution in [1.82, 2.24) is 39.3 Å². The number of imidazole rings is 1. The van der Waals surface area contributed by atoms with Crippen LogP contribution < -0.4 is 16.1 Å². The number of nitrogens with one attached hydrogen (secondary N) is 1. The number of para-hydroxylation sites is 1. The molecule has 1 saturated heterocycles. The van der Waals surface area contributed by atoms with Crippen molar-refractivity contribution in [2.24, 2.45) is 13.0 Å². The van der Waals surface area contributed by atoms with Gasteiger partial charge in [-0.1, -0.05) is 49.7 Å². The van der Waals surface area contributed by atoms with Gasteiger partial charge in [0.25, 0.3) is 5.56 Å². The van der Waals surface area contributed by atoms with Gasteiger partial charge >= 0.3 is 5.69 Å². The summed E-state index contributed by atoms with van der Waals surface area (Å²) in [6.07, 6.45) is 4.57. The summed E-state index contributed by atoms with van der Waals surface area (Å²) in [5.74, 6) is 1.69. The van der Waals surface area contributed by atoms with E-state index in [4.69, 9.17) is 4.98 Å². The molecule has 0 amide bonds. The van der Waals surface area contributed by atoms with E-state index in [9.17, 15) is 9.59 Å². The highest BCUT2D eigenvalue weighted by atomic mass is 32.2. The lowest BCUT2D eigenvalue weighted by Gasteiger charge is -2.24. The van der Waals surface area contributed by atoms with E-state index in [-0.39, 0.29) is 5.92 Å². The Labute approximate surface area is 206 Å². The number of fused-ring (bicyclic) bond motifs is 1. The molecule has 4 aromatic rings. The molecule has 12 heteroatoms. The number of aromatic amines is 1. The number of tetrazole rings is 1. The Morgan fingerprint density at radius 3 is 2.57 bits per heavy atom. The zero-order chi connectivity index (χ0) is 24.4. The molecule has 4 heterocycles. The average molecular weight is 496 g/mol. The Hall–Kier alpha value is -3.41. The van der Waals surface area contributed by atoms with Crippen molar-refractivity contribution in [3.63, 3.8) is 0 Å². The molecule has 1 fully saturated rings. The van der Waals surface area contributed by atoms with Crippen molar-refractivity contribution in [3.8, 4) is 5.69 Å². The molecule has 0 bridgehead atoms. The van der Waals surface area contributed by atoms with Crippen LogP contribution in [0.1, 0.15) is 32.6 Å². The first-order chi connectivity index (χ1) is 17.0. The maximum absolute atomic E-state index is 12.9. The van der Waals surface area contributed by atoms with Crippen molar-refractivity contribution >= 4 is 28.9 Å². The normalized spacial score (nSPS) is 15.4. The standard InChI is InChI=1S/C23H29N9O2S/c1-16(15-35-23-26-27-28-32(23)17-10-6-5-7-11-17)14-31-18-19(29(2)22(34)25-20(18)33)24-21(31)30-12-8-3-4-9-13-30/h5-7,10-11,16H,3-4,8-9,12-15H2,1-2H3,(H,25,33,34)/t16-/m1/s1. The minimum absolute atomic E-state index is 0.181. The molecule has 0 radical (unpaired) electrons. The van der Waals surface area contributed by atoms with Gasteiger partial charge in [-0.3, -0.25) is 14.3 Å². The van der Waals surface area contributed by atoms with E-state index in [2.05, 4.69) is 32.3 Å². The molecular weight excluding hydrogens is 466 g/mol. The zero-order valence-corrected chi connectivity index (χ0v) is 20.7. The number of rotatable bonds is 7. The smallest absolute Gasteiger partial charge is 0.329 e. The Morgan fingerprint density at radius 2 is 1.83 bits per heavy atom. The number of nitrogens with zero attached hydrogens (tertiary/aromatic N) is 8. The van der Waals surface area contributed by atoms with Gasteiger partial charge in [-0.25, -0.2) is 4.79 Å². The summed E-state index contributed by atoms with van der Waals surface area (Å²) in [5, 5.41) is 12.9. The Kier molecular flexibility index (Phi) is 6.71. The van der Waals surface area contributed by atoms with E-state index in [1.807, 2.05) is 34.9 Å². The number of H-pyrrole nitrogens is 1. The van der Waals surface area contributed by atoms with Crippen LogP contribution in [-0.2, 0) is 13.6 Å². The van der Waals surface area contributed by atoms with Crippen LogP contribution in [0.3, 0.4) is 0 Å². The fraction of sp³-hybridized carbons (Fsp3) is 0.478. The van der Waals surface area contributed by atoms with Crippen molar-refractivity contribution < 1.29 is 0 Å². The maximum atomic E-state index is 12.9. The second-order valence-corrected chi connectivity index (χ2v) is 10.0. The lowest BCUT2D eigenvalue weighted by Crippen LogP contribution is -2.30. The van der Waals surface area contributed by atoms with Gasteiger partial charge in [-0.2, -0.15) is 9.67 Å². The molecule has 0 unspecified atom stereocenters. The van der Waals surface area contributed by atoms with E-state index < -0.39 is 11.2 Å². The molecule has 1 aromatic carbocycles.